The zero-order chi connectivity index (χ0) is 14.8. The van der Waals surface area contributed by atoms with Crippen molar-refractivity contribution in [3.63, 3.8) is 0 Å². The van der Waals surface area contributed by atoms with Crippen LogP contribution in [0.4, 0.5) is 13.2 Å². The minimum Gasteiger partial charge on any atom is -0.406 e. The summed E-state index contributed by atoms with van der Waals surface area (Å²) < 4.78 is 39.9. The Balaban J connectivity index is 1.82. The summed E-state index contributed by atoms with van der Waals surface area (Å²) in [6, 6.07) is 6.52. The molecule has 0 aliphatic heterocycles. The minimum atomic E-state index is -4.63. The maximum absolute atomic E-state index is 12.0. The molecule has 0 saturated heterocycles. The van der Waals surface area contributed by atoms with Crippen LogP contribution in [0.25, 0.3) is 0 Å². The Kier molecular flexibility index (Phi) is 4.28. The van der Waals surface area contributed by atoms with E-state index in [1.165, 1.54) is 18.6 Å². The van der Waals surface area contributed by atoms with Crippen molar-refractivity contribution in [3.8, 4) is 5.75 Å². The van der Waals surface area contributed by atoms with Gasteiger partial charge in [-0.25, -0.2) is 0 Å². The SMILES string of the molecule is CC1(C)CCC(NCc2ccc(OC(F)(F)F)cc2)C1. The lowest BCUT2D eigenvalue weighted by molar-refractivity contribution is -0.274. The Bertz CT molecular complexity index is 439. The molecule has 0 amide bonds. The molecule has 1 fully saturated rings. The van der Waals surface area contributed by atoms with Gasteiger partial charge in [-0.2, -0.15) is 0 Å². The van der Waals surface area contributed by atoms with E-state index >= 15 is 0 Å². The third-order valence-electron chi connectivity index (χ3n) is 3.72. The Morgan fingerprint density at radius 2 is 1.90 bits per heavy atom. The molecule has 1 N–H and O–H groups in total. The summed E-state index contributed by atoms with van der Waals surface area (Å²) in [6.45, 7) is 5.20. The molecule has 2 rings (SSSR count). The van der Waals surface area contributed by atoms with Crippen molar-refractivity contribution in [1.82, 2.24) is 5.32 Å². The summed E-state index contributed by atoms with van der Waals surface area (Å²) in [5, 5.41) is 3.46. The molecule has 0 aromatic heterocycles. The summed E-state index contributed by atoms with van der Waals surface area (Å²) in [6.07, 6.45) is -1.12. The highest BCUT2D eigenvalue weighted by atomic mass is 19.4. The number of hydrogen-bond acceptors (Lipinski definition) is 2. The fourth-order valence-corrected chi connectivity index (χ4v) is 2.68. The summed E-state index contributed by atoms with van der Waals surface area (Å²) in [5.74, 6) is -0.178. The van der Waals surface area contributed by atoms with Crippen molar-refractivity contribution in [2.24, 2.45) is 5.41 Å². The van der Waals surface area contributed by atoms with Crippen LogP contribution in [-0.2, 0) is 6.54 Å². The van der Waals surface area contributed by atoms with E-state index in [2.05, 4.69) is 23.9 Å². The van der Waals surface area contributed by atoms with Crippen LogP contribution in [-0.4, -0.2) is 12.4 Å². The van der Waals surface area contributed by atoms with Gasteiger partial charge in [0, 0.05) is 12.6 Å². The zero-order valence-electron chi connectivity index (χ0n) is 11.8. The van der Waals surface area contributed by atoms with Crippen LogP contribution in [0, 0.1) is 5.41 Å². The highest BCUT2D eigenvalue weighted by Gasteiger charge is 2.31. The number of benzene rings is 1. The molecule has 0 spiro atoms. The van der Waals surface area contributed by atoms with Crippen molar-refractivity contribution in [2.45, 2.75) is 52.1 Å². The average molecular weight is 287 g/mol. The van der Waals surface area contributed by atoms with Gasteiger partial charge in [0.2, 0.25) is 0 Å². The third kappa shape index (κ3) is 4.71. The van der Waals surface area contributed by atoms with Crippen molar-refractivity contribution in [2.75, 3.05) is 0 Å². The molecular formula is C15H20F3NO. The normalized spacial score (nSPS) is 21.9. The highest BCUT2D eigenvalue weighted by Crippen LogP contribution is 2.37. The summed E-state index contributed by atoms with van der Waals surface area (Å²) >= 11 is 0. The van der Waals surface area contributed by atoms with Crippen LogP contribution in [0.2, 0.25) is 0 Å². The van der Waals surface area contributed by atoms with Crippen LogP contribution >= 0.6 is 0 Å². The zero-order valence-corrected chi connectivity index (χ0v) is 11.8. The van der Waals surface area contributed by atoms with E-state index in [9.17, 15) is 13.2 Å². The molecule has 0 bridgehead atoms. The molecule has 1 saturated carbocycles. The second-order valence-electron chi connectivity index (χ2n) is 6.18. The molecule has 20 heavy (non-hydrogen) atoms. The predicted molar refractivity (Wildman–Crippen MR) is 71.4 cm³/mol. The predicted octanol–water partition coefficient (Wildman–Crippen LogP) is 4.25. The minimum absolute atomic E-state index is 0.178. The average Bonchev–Trinajstić information content (AvgIpc) is 2.66. The number of alkyl halides is 3. The van der Waals surface area contributed by atoms with E-state index in [1.54, 1.807) is 12.1 Å². The molecular weight excluding hydrogens is 267 g/mol. The number of rotatable bonds is 4. The molecule has 5 heteroatoms. The first-order valence-corrected chi connectivity index (χ1v) is 6.82. The molecule has 1 aromatic carbocycles. The maximum Gasteiger partial charge on any atom is 0.573 e. The Hall–Kier alpha value is -1.23. The monoisotopic (exact) mass is 287 g/mol. The summed E-state index contributed by atoms with van der Waals surface area (Å²) in [7, 11) is 0. The van der Waals surface area contributed by atoms with Gasteiger partial charge < -0.3 is 10.1 Å². The van der Waals surface area contributed by atoms with Gasteiger partial charge in [-0.3, -0.25) is 0 Å². The van der Waals surface area contributed by atoms with E-state index in [4.69, 9.17) is 0 Å². The van der Waals surface area contributed by atoms with Crippen molar-refractivity contribution in [3.05, 3.63) is 29.8 Å². The quantitative estimate of drug-likeness (QED) is 0.893. The Morgan fingerprint density at radius 1 is 1.25 bits per heavy atom. The molecule has 1 aliphatic rings. The molecule has 1 unspecified atom stereocenters. The topological polar surface area (TPSA) is 21.3 Å². The van der Waals surface area contributed by atoms with Gasteiger partial charge in [0.25, 0.3) is 0 Å². The van der Waals surface area contributed by atoms with Crippen LogP contribution in [0.15, 0.2) is 24.3 Å². The molecule has 1 aromatic rings. The summed E-state index contributed by atoms with van der Waals surface area (Å²) in [5.41, 5.74) is 1.35. The number of nitrogens with one attached hydrogen (secondary N) is 1. The van der Waals surface area contributed by atoms with E-state index in [0.717, 1.165) is 18.4 Å². The number of ether oxygens (including phenoxy) is 1. The summed E-state index contributed by atoms with van der Waals surface area (Å²) in [4.78, 5) is 0. The van der Waals surface area contributed by atoms with E-state index in [1.807, 2.05) is 0 Å². The lowest BCUT2D eigenvalue weighted by Gasteiger charge is -2.18. The molecule has 1 atom stereocenters. The second-order valence-corrected chi connectivity index (χ2v) is 6.18. The third-order valence-corrected chi connectivity index (χ3v) is 3.72. The van der Waals surface area contributed by atoms with Crippen molar-refractivity contribution >= 4 is 0 Å². The lowest BCUT2D eigenvalue weighted by Crippen LogP contribution is -2.26. The van der Waals surface area contributed by atoms with E-state index in [-0.39, 0.29) is 5.75 Å². The Morgan fingerprint density at radius 3 is 2.40 bits per heavy atom. The largest absolute Gasteiger partial charge is 0.573 e. The lowest BCUT2D eigenvalue weighted by atomic mass is 9.92. The van der Waals surface area contributed by atoms with Gasteiger partial charge in [0.1, 0.15) is 5.75 Å². The highest BCUT2D eigenvalue weighted by molar-refractivity contribution is 5.27. The first kappa shape index (κ1) is 15.2. The van der Waals surface area contributed by atoms with Crippen LogP contribution < -0.4 is 10.1 Å². The van der Waals surface area contributed by atoms with Crippen LogP contribution in [0.5, 0.6) is 5.75 Å². The maximum atomic E-state index is 12.0. The molecule has 112 valence electrons. The van der Waals surface area contributed by atoms with Crippen LogP contribution in [0.3, 0.4) is 0 Å². The fourth-order valence-electron chi connectivity index (χ4n) is 2.68. The van der Waals surface area contributed by atoms with Crippen LogP contribution in [0.1, 0.15) is 38.7 Å². The van der Waals surface area contributed by atoms with Gasteiger partial charge in [-0.15, -0.1) is 13.2 Å². The molecule has 1 aliphatic carbocycles. The molecule has 2 nitrogen and oxygen atoms in total. The Labute approximate surface area is 117 Å². The molecule has 0 heterocycles. The van der Waals surface area contributed by atoms with Gasteiger partial charge in [-0.05, 0) is 42.4 Å². The van der Waals surface area contributed by atoms with E-state index < -0.39 is 6.36 Å². The standard InChI is InChI=1S/C15H20F3NO/c1-14(2)8-7-12(9-14)19-10-11-3-5-13(6-4-11)20-15(16,17)18/h3-6,12,19H,7-10H2,1-2H3. The fraction of sp³-hybridized carbons (Fsp3) is 0.600. The second kappa shape index (κ2) is 5.64. The molecule has 0 radical (unpaired) electrons. The number of hydrogen-bond donors (Lipinski definition) is 1. The van der Waals surface area contributed by atoms with E-state index in [0.29, 0.717) is 18.0 Å². The van der Waals surface area contributed by atoms with Crippen molar-refractivity contribution < 1.29 is 17.9 Å². The first-order chi connectivity index (χ1) is 9.23. The first-order valence-electron chi connectivity index (χ1n) is 6.82. The number of halogens is 3. The van der Waals surface area contributed by atoms with Gasteiger partial charge in [0.15, 0.2) is 0 Å². The van der Waals surface area contributed by atoms with Gasteiger partial charge in [-0.1, -0.05) is 26.0 Å². The van der Waals surface area contributed by atoms with Gasteiger partial charge in [0.05, 0.1) is 0 Å². The van der Waals surface area contributed by atoms with Crippen molar-refractivity contribution in [1.29, 1.82) is 0 Å². The smallest absolute Gasteiger partial charge is 0.406 e. The van der Waals surface area contributed by atoms with Gasteiger partial charge >= 0.3 is 6.36 Å².